The number of rotatable bonds is 3. The zero-order valence-corrected chi connectivity index (χ0v) is 8.64. The molecule has 1 saturated heterocycles. The van der Waals surface area contributed by atoms with Crippen LogP contribution in [0.4, 0.5) is 0 Å². The van der Waals surface area contributed by atoms with Crippen molar-refractivity contribution in [2.45, 2.75) is 27.2 Å². The Kier molecular flexibility index (Phi) is 3.13. The Hall–Kier alpha value is -0.0800. The van der Waals surface area contributed by atoms with Crippen LogP contribution in [0.25, 0.3) is 0 Å². The Morgan fingerprint density at radius 1 is 1.50 bits per heavy atom. The molecular weight excluding hydrogens is 148 g/mol. The lowest BCUT2D eigenvalue weighted by atomic mass is 9.93. The van der Waals surface area contributed by atoms with Gasteiger partial charge >= 0.3 is 0 Å². The minimum atomic E-state index is 0.536. The second-order valence-corrected chi connectivity index (χ2v) is 4.99. The summed E-state index contributed by atoms with van der Waals surface area (Å²) in [7, 11) is 0. The van der Waals surface area contributed by atoms with Gasteiger partial charge in [0.1, 0.15) is 0 Å². The molecule has 12 heavy (non-hydrogen) atoms. The number of hydrogen-bond acceptors (Lipinski definition) is 2. The molecule has 1 heterocycles. The molecule has 2 nitrogen and oxygen atoms in total. The summed E-state index contributed by atoms with van der Waals surface area (Å²) in [6.45, 7) is 11.4. The summed E-state index contributed by atoms with van der Waals surface area (Å²) >= 11 is 0. The fourth-order valence-corrected chi connectivity index (χ4v) is 1.90. The minimum absolute atomic E-state index is 0.536. The summed E-state index contributed by atoms with van der Waals surface area (Å²) in [5.74, 6) is 0.652. The van der Waals surface area contributed by atoms with E-state index in [4.69, 9.17) is 5.73 Å². The Balaban J connectivity index is 2.28. The highest BCUT2D eigenvalue weighted by atomic mass is 15.2. The van der Waals surface area contributed by atoms with E-state index in [0.717, 1.165) is 6.54 Å². The highest BCUT2D eigenvalue weighted by molar-refractivity contribution is 4.83. The van der Waals surface area contributed by atoms with Crippen molar-refractivity contribution in [3.8, 4) is 0 Å². The Morgan fingerprint density at radius 3 is 2.58 bits per heavy atom. The second kappa shape index (κ2) is 3.75. The molecule has 72 valence electrons. The van der Waals surface area contributed by atoms with E-state index in [-0.39, 0.29) is 0 Å². The number of nitrogens with two attached hydrogens (primary N) is 1. The average molecular weight is 170 g/mol. The quantitative estimate of drug-likeness (QED) is 0.692. The van der Waals surface area contributed by atoms with Crippen molar-refractivity contribution in [3.05, 3.63) is 0 Å². The average Bonchev–Trinajstić information content (AvgIpc) is 2.30. The van der Waals surface area contributed by atoms with E-state index in [0.29, 0.717) is 11.3 Å². The van der Waals surface area contributed by atoms with Crippen molar-refractivity contribution in [2.24, 2.45) is 17.1 Å². The first-order chi connectivity index (χ1) is 5.53. The zero-order chi connectivity index (χ0) is 9.19. The fourth-order valence-electron chi connectivity index (χ4n) is 1.90. The SMILES string of the molecule is CC(CN)CN1CCC(C)(C)C1. The third-order valence-electron chi connectivity index (χ3n) is 2.73. The Bertz CT molecular complexity index is 143. The third kappa shape index (κ3) is 2.76. The van der Waals surface area contributed by atoms with Crippen molar-refractivity contribution in [1.29, 1.82) is 0 Å². The molecule has 0 radical (unpaired) electrons. The molecule has 0 aliphatic carbocycles. The zero-order valence-electron chi connectivity index (χ0n) is 8.64. The molecule has 0 saturated carbocycles. The van der Waals surface area contributed by atoms with Gasteiger partial charge in [-0.3, -0.25) is 0 Å². The molecule has 1 rings (SSSR count). The lowest BCUT2D eigenvalue weighted by molar-refractivity contribution is 0.259. The third-order valence-corrected chi connectivity index (χ3v) is 2.73. The first kappa shape index (κ1) is 10.0. The van der Waals surface area contributed by atoms with Crippen LogP contribution >= 0.6 is 0 Å². The summed E-state index contributed by atoms with van der Waals surface area (Å²) in [6.07, 6.45) is 1.34. The van der Waals surface area contributed by atoms with Crippen LogP contribution in [0, 0.1) is 11.3 Å². The van der Waals surface area contributed by atoms with Crippen molar-refractivity contribution in [2.75, 3.05) is 26.2 Å². The predicted octanol–water partition coefficient (Wildman–Crippen LogP) is 1.31. The van der Waals surface area contributed by atoms with Crippen molar-refractivity contribution >= 4 is 0 Å². The van der Waals surface area contributed by atoms with Crippen LogP contribution in [0.15, 0.2) is 0 Å². The lowest BCUT2D eigenvalue weighted by Gasteiger charge is -2.22. The van der Waals surface area contributed by atoms with Gasteiger partial charge in [-0.1, -0.05) is 20.8 Å². The van der Waals surface area contributed by atoms with Gasteiger partial charge in [0.25, 0.3) is 0 Å². The second-order valence-electron chi connectivity index (χ2n) is 4.99. The monoisotopic (exact) mass is 170 g/mol. The van der Waals surface area contributed by atoms with E-state index >= 15 is 0 Å². The lowest BCUT2D eigenvalue weighted by Crippen LogP contribution is -2.31. The van der Waals surface area contributed by atoms with Gasteiger partial charge in [-0.25, -0.2) is 0 Å². The van der Waals surface area contributed by atoms with E-state index in [1.807, 2.05) is 0 Å². The molecule has 1 atom stereocenters. The van der Waals surface area contributed by atoms with Crippen LogP contribution in [0.5, 0.6) is 0 Å². The van der Waals surface area contributed by atoms with Gasteiger partial charge < -0.3 is 10.6 Å². The van der Waals surface area contributed by atoms with Gasteiger partial charge in [0.2, 0.25) is 0 Å². The number of nitrogens with zero attached hydrogens (tertiary/aromatic N) is 1. The molecule has 0 aromatic heterocycles. The van der Waals surface area contributed by atoms with E-state index in [1.165, 1.54) is 26.1 Å². The first-order valence-corrected chi connectivity index (χ1v) is 4.96. The van der Waals surface area contributed by atoms with E-state index in [9.17, 15) is 0 Å². The molecule has 0 aromatic rings. The summed E-state index contributed by atoms with van der Waals surface area (Å²) in [5, 5.41) is 0. The van der Waals surface area contributed by atoms with E-state index in [1.54, 1.807) is 0 Å². The van der Waals surface area contributed by atoms with Crippen LogP contribution in [0.2, 0.25) is 0 Å². The first-order valence-electron chi connectivity index (χ1n) is 4.96. The topological polar surface area (TPSA) is 29.3 Å². The van der Waals surface area contributed by atoms with Gasteiger partial charge in [0, 0.05) is 13.1 Å². The highest BCUT2D eigenvalue weighted by Crippen LogP contribution is 2.28. The van der Waals surface area contributed by atoms with Crippen LogP contribution in [0.1, 0.15) is 27.2 Å². The molecule has 0 aromatic carbocycles. The summed E-state index contributed by atoms with van der Waals surface area (Å²) in [5.41, 5.74) is 6.13. The van der Waals surface area contributed by atoms with Gasteiger partial charge in [-0.05, 0) is 30.8 Å². The highest BCUT2D eigenvalue weighted by Gasteiger charge is 2.29. The van der Waals surface area contributed by atoms with Gasteiger partial charge in [0.15, 0.2) is 0 Å². The predicted molar refractivity (Wildman–Crippen MR) is 53.1 cm³/mol. The maximum Gasteiger partial charge on any atom is 0.00333 e. The van der Waals surface area contributed by atoms with Crippen molar-refractivity contribution in [3.63, 3.8) is 0 Å². The van der Waals surface area contributed by atoms with Crippen LogP contribution in [-0.4, -0.2) is 31.1 Å². The summed E-state index contributed by atoms with van der Waals surface area (Å²) in [6, 6.07) is 0. The molecule has 2 N–H and O–H groups in total. The molecule has 0 amide bonds. The van der Waals surface area contributed by atoms with Gasteiger partial charge in [0.05, 0.1) is 0 Å². The molecule has 1 aliphatic rings. The molecule has 1 aliphatic heterocycles. The Labute approximate surface area is 76.1 Å². The van der Waals surface area contributed by atoms with Crippen LogP contribution in [0.3, 0.4) is 0 Å². The fraction of sp³-hybridized carbons (Fsp3) is 1.00. The molecular formula is C10H22N2. The van der Waals surface area contributed by atoms with E-state index < -0.39 is 0 Å². The molecule has 0 bridgehead atoms. The summed E-state index contributed by atoms with van der Waals surface area (Å²) < 4.78 is 0. The van der Waals surface area contributed by atoms with Crippen LogP contribution in [-0.2, 0) is 0 Å². The van der Waals surface area contributed by atoms with Crippen molar-refractivity contribution in [1.82, 2.24) is 4.90 Å². The van der Waals surface area contributed by atoms with Crippen LogP contribution < -0.4 is 5.73 Å². The Morgan fingerprint density at radius 2 is 2.17 bits per heavy atom. The number of hydrogen-bond donors (Lipinski definition) is 1. The smallest absolute Gasteiger partial charge is 0.00333 e. The van der Waals surface area contributed by atoms with Gasteiger partial charge in [-0.2, -0.15) is 0 Å². The largest absolute Gasteiger partial charge is 0.330 e. The maximum absolute atomic E-state index is 5.59. The minimum Gasteiger partial charge on any atom is -0.330 e. The molecule has 2 heteroatoms. The van der Waals surface area contributed by atoms with Crippen molar-refractivity contribution < 1.29 is 0 Å². The van der Waals surface area contributed by atoms with E-state index in [2.05, 4.69) is 25.7 Å². The number of likely N-dealkylation sites (tertiary alicyclic amines) is 1. The molecule has 1 fully saturated rings. The normalized spacial score (nSPS) is 26.0. The van der Waals surface area contributed by atoms with Gasteiger partial charge in [-0.15, -0.1) is 0 Å². The standard InChI is InChI=1S/C10H22N2/c1-9(6-11)7-12-5-4-10(2,3)8-12/h9H,4-8,11H2,1-3H3. The summed E-state index contributed by atoms with van der Waals surface area (Å²) in [4.78, 5) is 2.54. The maximum atomic E-state index is 5.59. The molecule has 0 spiro atoms. The molecule has 1 unspecified atom stereocenters.